The van der Waals surface area contributed by atoms with Crippen molar-refractivity contribution in [1.29, 1.82) is 0 Å². The van der Waals surface area contributed by atoms with E-state index in [9.17, 15) is 0 Å². The molecule has 2 unspecified atom stereocenters. The zero-order chi connectivity index (χ0) is 13.2. The van der Waals surface area contributed by atoms with Gasteiger partial charge in [0.1, 0.15) is 0 Å². The molecule has 1 aliphatic rings. The highest BCUT2D eigenvalue weighted by Crippen LogP contribution is 2.38. The van der Waals surface area contributed by atoms with Gasteiger partial charge in [-0.25, -0.2) is 0 Å². The number of hydrogen-bond donors (Lipinski definition) is 1. The first-order valence-corrected chi connectivity index (χ1v) is 8.49. The second kappa shape index (κ2) is 5.78. The predicted octanol–water partition coefficient (Wildman–Crippen LogP) is 4.37. The van der Waals surface area contributed by atoms with Crippen LogP contribution in [0.2, 0.25) is 0 Å². The minimum atomic E-state index is 0.561. The Morgan fingerprint density at radius 3 is 2.95 bits per heavy atom. The summed E-state index contributed by atoms with van der Waals surface area (Å²) in [5, 5.41) is 5.85. The highest BCUT2D eigenvalue weighted by molar-refractivity contribution is 9.10. The normalized spacial score (nSPS) is 18.7. The summed E-state index contributed by atoms with van der Waals surface area (Å²) in [5.74, 6) is 0.678. The van der Waals surface area contributed by atoms with Crippen molar-refractivity contribution in [3.8, 4) is 0 Å². The average Bonchev–Trinajstić information content (AvgIpc) is 2.77. The van der Waals surface area contributed by atoms with Crippen LogP contribution in [-0.2, 0) is 12.8 Å². The summed E-state index contributed by atoms with van der Waals surface area (Å²) in [6.45, 7) is 3.23. The van der Waals surface area contributed by atoms with Gasteiger partial charge in [0.15, 0.2) is 0 Å². The first-order chi connectivity index (χ1) is 9.28. The topological polar surface area (TPSA) is 12.0 Å². The molecule has 0 bridgehead atoms. The van der Waals surface area contributed by atoms with Gasteiger partial charge in [0.25, 0.3) is 0 Å². The second-order valence-electron chi connectivity index (χ2n) is 5.11. The van der Waals surface area contributed by atoms with Crippen LogP contribution in [0.25, 0.3) is 0 Å². The molecule has 0 saturated carbocycles. The molecule has 1 aromatic carbocycles. The Kier molecular flexibility index (Phi) is 4.06. The quantitative estimate of drug-likeness (QED) is 0.855. The van der Waals surface area contributed by atoms with Gasteiger partial charge >= 0.3 is 0 Å². The molecule has 2 aromatic rings. The van der Waals surface area contributed by atoms with E-state index >= 15 is 0 Å². The van der Waals surface area contributed by atoms with E-state index in [2.05, 4.69) is 63.9 Å². The lowest BCUT2D eigenvalue weighted by Crippen LogP contribution is -2.41. The first-order valence-electron chi connectivity index (χ1n) is 6.82. The van der Waals surface area contributed by atoms with Gasteiger partial charge < -0.3 is 5.32 Å². The fraction of sp³-hybridized carbons (Fsp3) is 0.375. The molecule has 0 spiro atoms. The first kappa shape index (κ1) is 13.3. The van der Waals surface area contributed by atoms with E-state index in [1.807, 2.05) is 11.3 Å². The molecule has 0 aliphatic heterocycles. The number of nitrogens with one attached hydrogen (secondary N) is 1. The maximum absolute atomic E-state index is 3.67. The van der Waals surface area contributed by atoms with Crippen LogP contribution in [0.1, 0.15) is 28.8 Å². The molecule has 0 fully saturated rings. The summed E-state index contributed by atoms with van der Waals surface area (Å²) < 4.78 is 1.21. The van der Waals surface area contributed by atoms with Crippen LogP contribution in [-0.4, -0.2) is 12.6 Å². The van der Waals surface area contributed by atoms with Crippen molar-refractivity contribution in [3.63, 3.8) is 0 Å². The molecule has 0 saturated heterocycles. The van der Waals surface area contributed by atoms with Crippen molar-refractivity contribution < 1.29 is 0 Å². The lowest BCUT2D eigenvalue weighted by atomic mass is 9.72. The van der Waals surface area contributed by atoms with Crippen molar-refractivity contribution >= 4 is 27.3 Å². The highest BCUT2D eigenvalue weighted by atomic mass is 79.9. The molecule has 1 nitrogen and oxygen atoms in total. The van der Waals surface area contributed by atoms with Gasteiger partial charge in [-0.05, 0) is 52.5 Å². The van der Waals surface area contributed by atoms with Crippen molar-refractivity contribution in [1.82, 2.24) is 5.32 Å². The van der Waals surface area contributed by atoms with E-state index in [4.69, 9.17) is 0 Å². The Hall–Kier alpha value is -0.640. The summed E-state index contributed by atoms with van der Waals surface area (Å²) in [6, 6.07) is 11.7. The van der Waals surface area contributed by atoms with Crippen LogP contribution >= 0.6 is 27.3 Å². The third-order valence-electron chi connectivity index (χ3n) is 3.89. The third kappa shape index (κ3) is 2.78. The van der Waals surface area contributed by atoms with Gasteiger partial charge in [-0.1, -0.05) is 31.2 Å². The maximum atomic E-state index is 3.67. The molecular formula is C16H18BrNS. The minimum Gasteiger partial charge on any atom is -0.313 e. The molecule has 3 rings (SSSR count). The zero-order valence-electron chi connectivity index (χ0n) is 11.0. The van der Waals surface area contributed by atoms with Gasteiger partial charge in [-0.2, -0.15) is 0 Å². The summed E-state index contributed by atoms with van der Waals surface area (Å²) in [5.41, 5.74) is 3.08. The Morgan fingerprint density at radius 2 is 2.26 bits per heavy atom. The van der Waals surface area contributed by atoms with Gasteiger partial charge in [0.2, 0.25) is 0 Å². The number of thiophene rings is 1. The molecule has 1 N–H and O–H groups in total. The zero-order valence-corrected chi connectivity index (χ0v) is 13.4. The number of halogens is 1. The van der Waals surface area contributed by atoms with Gasteiger partial charge in [-0.15, -0.1) is 11.3 Å². The molecule has 1 aromatic heterocycles. The number of fused-ring (bicyclic) bond motifs is 1. The molecule has 0 amide bonds. The summed E-state index contributed by atoms with van der Waals surface area (Å²) in [4.78, 5) is 1.46. The molecule has 2 atom stereocenters. The van der Waals surface area contributed by atoms with Gasteiger partial charge in [-0.3, -0.25) is 0 Å². The molecule has 1 aliphatic carbocycles. The van der Waals surface area contributed by atoms with Crippen LogP contribution < -0.4 is 5.32 Å². The molecule has 3 heteroatoms. The minimum absolute atomic E-state index is 0.561. The van der Waals surface area contributed by atoms with Crippen molar-refractivity contribution in [2.45, 2.75) is 31.7 Å². The fourth-order valence-corrected chi connectivity index (χ4v) is 4.46. The second-order valence-corrected chi connectivity index (χ2v) is 7.02. The van der Waals surface area contributed by atoms with Gasteiger partial charge in [0, 0.05) is 26.7 Å². The van der Waals surface area contributed by atoms with E-state index in [0.29, 0.717) is 12.0 Å². The summed E-state index contributed by atoms with van der Waals surface area (Å²) in [6.07, 6.45) is 2.35. The molecule has 0 radical (unpaired) electrons. The van der Waals surface area contributed by atoms with Crippen LogP contribution in [0, 0.1) is 0 Å². The van der Waals surface area contributed by atoms with E-state index in [1.165, 1.54) is 21.3 Å². The fourth-order valence-electron chi connectivity index (χ4n) is 2.95. The molecule has 1 heterocycles. The Bertz CT molecular complexity index is 563. The maximum Gasteiger partial charge on any atom is 0.0285 e. The standard InChI is InChI=1S/C16H18BrNS/c1-2-18-16(9-13-8-12(17)10-19-13)15-7-11-5-3-4-6-14(11)15/h3-6,8,10,15-16,18H,2,7,9H2,1H3. The predicted molar refractivity (Wildman–Crippen MR) is 86.1 cm³/mol. The van der Waals surface area contributed by atoms with E-state index in [0.717, 1.165) is 13.0 Å². The summed E-state index contributed by atoms with van der Waals surface area (Å²) >= 11 is 5.40. The number of likely N-dealkylation sites (N-methyl/N-ethyl adjacent to an activating group) is 1. The van der Waals surface area contributed by atoms with Crippen LogP contribution in [0.5, 0.6) is 0 Å². The lowest BCUT2D eigenvalue weighted by molar-refractivity contribution is 0.406. The van der Waals surface area contributed by atoms with Crippen LogP contribution in [0.15, 0.2) is 40.2 Å². The van der Waals surface area contributed by atoms with E-state index in [-0.39, 0.29) is 0 Å². The monoisotopic (exact) mass is 335 g/mol. The van der Waals surface area contributed by atoms with Crippen molar-refractivity contribution in [3.05, 3.63) is 56.2 Å². The van der Waals surface area contributed by atoms with Crippen molar-refractivity contribution in [2.75, 3.05) is 6.54 Å². The number of rotatable bonds is 5. The SMILES string of the molecule is CCNC(Cc1cc(Br)cs1)C1Cc2ccccc21. The Balaban J connectivity index is 1.76. The third-order valence-corrected chi connectivity index (χ3v) is 5.61. The smallest absolute Gasteiger partial charge is 0.0285 e. The number of benzene rings is 1. The van der Waals surface area contributed by atoms with Crippen molar-refractivity contribution in [2.24, 2.45) is 0 Å². The Labute approximate surface area is 127 Å². The molecule has 100 valence electrons. The molecule has 19 heavy (non-hydrogen) atoms. The summed E-state index contributed by atoms with van der Waals surface area (Å²) in [7, 11) is 0. The van der Waals surface area contributed by atoms with Gasteiger partial charge in [0.05, 0.1) is 0 Å². The highest BCUT2D eigenvalue weighted by Gasteiger charge is 2.32. The average molecular weight is 336 g/mol. The van der Waals surface area contributed by atoms with E-state index < -0.39 is 0 Å². The van der Waals surface area contributed by atoms with Crippen LogP contribution in [0.4, 0.5) is 0 Å². The van der Waals surface area contributed by atoms with Crippen LogP contribution in [0.3, 0.4) is 0 Å². The Morgan fingerprint density at radius 1 is 1.42 bits per heavy atom. The lowest BCUT2D eigenvalue weighted by Gasteiger charge is -2.37. The molecular weight excluding hydrogens is 318 g/mol. The number of hydrogen-bond acceptors (Lipinski definition) is 2. The van der Waals surface area contributed by atoms with E-state index in [1.54, 1.807) is 5.56 Å². The largest absolute Gasteiger partial charge is 0.313 e.